The van der Waals surface area contributed by atoms with E-state index in [1.54, 1.807) is 24.3 Å². The second-order valence-electron chi connectivity index (χ2n) is 4.04. The lowest BCUT2D eigenvalue weighted by Gasteiger charge is -2.07. The maximum absolute atomic E-state index is 11.0. The Morgan fingerprint density at radius 3 is 2.65 bits per heavy atom. The van der Waals surface area contributed by atoms with Crippen molar-refractivity contribution in [3.05, 3.63) is 46.6 Å². The zero-order valence-electron chi connectivity index (χ0n) is 10.1. The van der Waals surface area contributed by atoms with Gasteiger partial charge in [0.15, 0.2) is 5.82 Å². The van der Waals surface area contributed by atoms with Crippen LogP contribution in [-0.4, -0.2) is 15.9 Å². The molecule has 0 radical (unpaired) electrons. The Morgan fingerprint density at radius 2 is 1.95 bits per heavy atom. The molecule has 2 heterocycles. The molecule has 3 N–H and O–H groups in total. The van der Waals surface area contributed by atoms with Crippen LogP contribution in [0.4, 0.5) is 11.5 Å². The normalized spacial score (nSPS) is 10.7. The number of carbonyl (C=O) groups excluding carboxylic acids is 1. The molecule has 2 aromatic heterocycles. The molecule has 0 bridgehead atoms. The zero-order chi connectivity index (χ0) is 14.1. The molecule has 0 aliphatic carbocycles. The highest BCUT2D eigenvalue weighted by Gasteiger charge is 2.08. The summed E-state index contributed by atoms with van der Waals surface area (Å²) in [7, 11) is 0. The number of aromatic nitrogens is 2. The summed E-state index contributed by atoms with van der Waals surface area (Å²) in [5, 5.41) is 5.28. The fraction of sp³-hybridized carbons (Fsp3) is 0. The number of halogens is 1. The first-order valence-corrected chi connectivity index (χ1v) is 6.97. The number of fused-ring (bicyclic) bond motifs is 1. The molecule has 0 aliphatic rings. The highest BCUT2D eigenvalue weighted by molar-refractivity contribution is 7.17. The molecule has 3 rings (SSSR count). The zero-order valence-corrected chi connectivity index (χ0v) is 11.7. The van der Waals surface area contributed by atoms with Crippen molar-refractivity contribution in [1.29, 1.82) is 0 Å². The van der Waals surface area contributed by atoms with Crippen molar-refractivity contribution in [1.82, 2.24) is 9.97 Å². The SMILES string of the molecule is NC(=O)c1ccc(Nc2nc(Cl)nc3ccsc23)cc1. The summed E-state index contributed by atoms with van der Waals surface area (Å²) in [6.07, 6.45) is 0. The fourth-order valence-corrected chi connectivity index (χ4v) is 2.73. The number of carbonyl (C=O) groups is 1. The molecule has 0 atom stereocenters. The van der Waals surface area contributed by atoms with Gasteiger partial charge in [0, 0.05) is 11.3 Å². The first kappa shape index (κ1) is 12.8. The van der Waals surface area contributed by atoms with Gasteiger partial charge in [-0.05, 0) is 47.3 Å². The molecule has 0 saturated carbocycles. The predicted molar refractivity (Wildman–Crippen MR) is 80.7 cm³/mol. The van der Waals surface area contributed by atoms with Gasteiger partial charge in [-0.3, -0.25) is 4.79 Å². The highest BCUT2D eigenvalue weighted by Crippen LogP contribution is 2.29. The number of hydrogen-bond acceptors (Lipinski definition) is 5. The van der Waals surface area contributed by atoms with E-state index < -0.39 is 5.91 Å². The number of amides is 1. The smallest absolute Gasteiger partial charge is 0.248 e. The van der Waals surface area contributed by atoms with Gasteiger partial charge in [-0.15, -0.1) is 11.3 Å². The summed E-state index contributed by atoms with van der Waals surface area (Å²) in [5.41, 5.74) is 7.25. The standard InChI is InChI=1S/C13H9ClN4OS/c14-13-17-9-5-6-20-10(9)12(18-13)16-8-3-1-7(2-4-8)11(15)19/h1-6H,(H2,15,19)(H,16,17,18). The van der Waals surface area contributed by atoms with E-state index >= 15 is 0 Å². The van der Waals surface area contributed by atoms with Crippen molar-refractivity contribution in [2.45, 2.75) is 0 Å². The number of rotatable bonds is 3. The molecule has 3 aromatic rings. The summed E-state index contributed by atoms with van der Waals surface area (Å²) < 4.78 is 0.924. The minimum Gasteiger partial charge on any atom is -0.366 e. The number of anilines is 2. The summed E-state index contributed by atoms with van der Waals surface area (Å²) in [5.74, 6) is 0.184. The van der Waals surface area contributed by atoms with E-state index in [-0.39, 0.29) is 5.28 Å². The number of primary amides is 1. The van der Waals surface area contributed by atoms with Gasteiger partial charge in [-0.1, -0.05) is 0 Å². The second-order valence-corrected chi connectivity index (χ2v) is 5.30. The third kappa shape index (κ3) is 2.43. The van der Waals surface area contributed by atoms with Gasteiger partial charge in [0.2, 0.25) is 11.2 Å². The third-order valence-corrected chi connectivity index (χ3v) is 3.79. The van der Waals surface area contributed by atoms with Crippen LogP contribution in [0.3, 0.4) is 0 Å². The number of nitrogens with zero attached hydrogens (tertiary/aromatic N) is 2. The minimum atomic E-state index is -0.456. The van der Waals surface area contributed by atoms with E-state index in [2.05, 4.69) is 15.3 Å². The Bertz CT molecular complexity index is 785. The Kier molecular flexibility index (Phi) is 3.25. The lowest BCUT2D eigenvalue weighted by molar-refractivity contribution is 0.100. The molecule has 0 aliphatic heterocycles. The van der Waals surface area contributed by atoms with Gasteiger partial charge in [0.25, 0.3) is 0 Å². The number of nitrogens with two attached hydrogens (primary N) is 1. The minimum absolute atomic E-state index is 0.187. The van der Waals surface area contributed by atoms with Crippen molar-refractivity contribution in [3.63, 3.8) is 0 Å². The molecule has 7 heteroatoms. The lowest BCUT2D eigenvalue weighted by atomic mass is 10.2. The van der Waals surface area contributed by atoms with Crippen LogP contribution in [0.5, 0.6) is 0 Å². The summed E-state index contributed by atoms with van der Waals surface area (Å²) >= 11 is 7.42. The summed E-state index contributed by atoms with van der Waals surface area (Å²) in [4.78, 5) is 19.3. The predicted octanol–water partition coefficient (Wildman–Crippen LogP) is 3.19. The quantitative estimate of drug-likeness (QED) is 0.728. The topological polar surface area (TPSA) is 80.9 Å². The number of hydrogen-bond donors (Lipinski definition) is 2. The van der Waals surface area contributed by atoms with E-state index in [9.17, 15) is 4.79 Å². The molecule has 1 amide bonds. The first-order chi connectivity index (χ1) is 9.63. The fourth-order valence-electron chi connectivity index (χ4n) is 1.77. The molecular weight excluding hydrogens is 296 g/mol. The van der Waals surface area contributed by atoms with Gasteiger partial charge >= 0.3 is 0 Å². The Morgan fingerprint density at radius 1 is 1.20 bits per heavy atom. The molecule has 0 saturated heterocycles. The van der Waals surface area contributed by atoms with Crippen LogP contribution in [-0.2, 0) is 0 Å². The molecule has 5 nitrogen and oxygen atoms in total. The van der Waals surface area contributed by atoms with E-state index in [0.29, 0.717) is 11.4 Å². The molecule has 0 unspecified atom stereocenters. The Labute approximate surface area is 123 Å². The summed E-state index contributed by atoms with van der Waals surface area (Å²) in [6.45, 7) is 0. The maximum atomic E-state index is 11.0. The Hall–Kier alpha value is -2.18. The first-order valence-electron chi connectivity index (χ1n) is 5.71. The van der Waals surface area contributed by atoms with Gasteiger partial charge < -0.3 is 11.1 Å². The molecule has 1 aromatic carbocycles. The number of nitrogens with one attached hydrogen (secondary N) is 1. The monoisotopic (exact) mass is 304 g/mol. The average molecular weight is 305 g/mol. The van der Waals surface area contributed by atoms with Crippen molar-refractivity contribution in [3.8, 4) is 0 Å². The third-order valence-electron chi connectivity index (χ3n) is 2.71. The largest absolute Gasteiger partial charge is 0.366 e. The molecular formula is C13H9ClN4OS. The molecule has 20 heavy (non-hydrogen) atoms. The summed E-state index contributed by atoms with van der Waals surface area (Å²) in [6, 6.07) is 8.71. The van der Waals surface area contributed by atoms with E-state index in [0.717, 1.165) is 15.9 Å². The van der Waals surface area contributed by atoms with Crippen LogP contribution < -0.4 is 11.1 Å². The van der Waals surface area contributed by atoms with Crippen molar-refractivity contribution in [2.24, 2.45) is 5.73 Å². The molecule has 100 valence electrons. The Balaban J connectivity index is 1.96. The van der Waals surface area contributed by atoms with Gasteiger partial charge in [-0.25, -0.2) is 4.98 Å². The van der Waals surface area contributed by atoms with E-state index in [1.165, 1.54) is 11.3 Å². The van der Waals surface area contributed by atoms with Crippen LogP contribution in [0.25, 0.3) is 10.2 Å². The van der Waals surface area contributed by atoms with Gasteiger partial charge in [-0.2, -0.15) is 4.98 Å². The van der Waals surface area contributed by atoms with Crippen molar-refractivity contribution in [2.75, 3.05) is 5.32 Å². The van der Waals surface area contributed by atoms with Gasteiger partial charge in [0.05, 0.1) is 10.2 Å². The van der Waals surface area contributed by atoms with Crippen LogP contribution in [0.1, 0.15) is 10.4 Å². The average Bonchev–Trinajstić information content (AvgIpc) is 2.87. The van der Waals surface area contributed by atoms with Crippen LogP contribution >= 0.6 is 22.9 Å². The van der Waals surface area contributed by atoms with Crippen molar-refractivity contribution >= 4 is 50.6 Å². The maximum Gasteiger partial charge on any atom is 0.248 e. The second kappa shape index (κ2) is 5.07. The van der Waals surface area contributed by atoms with Gasteiger partial charge in [0.1, 0.15) is 0 Å². The number of benzene rings is 1. The highest BCUT2D eigenvalue weighted by atomic mass is 35.5. The lowest BCUT2D eigenvalue weighted by Crippen LogP contribution is -2.10. The van der Waals surface area contributed by atoms with Crippen LogP contribution in [0, 0.1) is 0 Å². The van der Waals surface area contributed by atoms with Crippen molar-refractivity contribution < 1.29 is 4.79 Å². The molecule has 0 fully saturated rings. The molecule has 0 spiro atoms. The van der Waals surface area contributed by atoms with Crippen LogP contribution in [0.2, 0.25) is 5.28 Å². The van der Waals surface area contributed by atoms with E-state index in [1.807, 2.05) is 11.4 Å². The van der Waals surface area contributed by atoms with E-state index in [4.69, 9.17) is 17.3 Å². The number of thiophene rings is 1. The van der Waals surface area contributed by atoms with Crippen LogP contribution in [0.15, 0.2) is 35.7 Å².